The first kappa shape index (κ1) is 23.4. The number of aliphatic hydroxyl groups excluding tert-OH is 1. The van der Waals surface area contributed by atoms with Crippen LogP contribution in [0.2, 0.25) is 0 Å². The number of aromatic nitrogens is 4. The van der Waals surface area contributed by atoms with Gasteiger partial charge in [-0.2, -0.15) is 0 Å². The van der Waals surface area contributed by atoms with E-state index in [4.69, 9.17) is 0 Å². The summed E-state index contributed by atoms with van der Waals surface area (Å²) in [7, 11) is 1.92. The Bertz CT molecular complexity index is 1250. The van der Waals surface area contributed by atoms with Crippen molar-refractivity contribution in [2.75, 3.05) is 19.7 Å². The molecule has 5 heterocycles. The highest BCUT2D eigenvalue weighted by molar-refractivity contribution is 5.80. The van der Waals surface area contributed by atoms with E-state index >= 15 is 0 Å². The minimum absolute atomic E-state index is 0.0745. The zero-order valence-corrected chi connectivity index (χ0v) is 20.2. The summed E-state index contributed by atoms with van der Waals surface area (Å²) in [5.74, 6) is -0.758. The molecule has 5 rings (SSSR count). The summed E-state index contributed by atoms with van der Waals surface area (Å²) in [6.07, 6.45) is 8.63. The van der Waals surface area contributed by atoms with Crippen LogP contribution in [0.25, 0.3) is 11.1 Å². The molecule has 4 atom stereocenters. The van der Waals surface area contributed by atoms with Crippen LogP contribution in [0.15, 0.2) is 54.0 Å². The van der Waals surface area contributed by atoms with Gasteiger partial charge in [-0.25, -0.2) is 4.98 Å². The molecule has 0 aliphatic carbocycles. The van der Waals surface area contributed by atoms with Crippen LogP contribution in [0.5, 0.6) is 0 Å². The van der Waals surface area contributed by atoms with Crippen molar-refractivity contribution >= 4 is 5.91 Å². The molecule has 0 saturated carbocycles. The number of hydrogen-bond donors (Lipinski definition) is 2. The molecule has 0 spiro atoms. The van der Waals surface area contributed by atoms with Gasteiger partial charge in [-0.05, 0) is 31.2 Å². The fraction of sp³-hybridized carbons (Fsp3) is 0.462. The van der Waals surface area contributed by atoms with Crippen molar-refractivity contribution in [2.24, 2.45) is 18.9 Å². The van der Waals surface area contributed by atoms with Crippen LogP contribution >= 0.6 is 0 Å². The molecule has 3 aromatic heterocycles. The predicted molar refractivity (Wildman–Crippen MR) is 131 cm³/mol. The van der Waals surface area contributed by atoms with Gasteiger partial charge in [-0.1, -0.05) is 13.0 Å². The molecule has 2 aliphatic rings. The molecule has 184 valence electrons. The van der Waals surface area contributed by atoms with Gasteiger partial charge < -0.3 is 19.6 Å². The van der Waals surface area contributed by atoms with Crippen molar-refractivity contribution in [3.63, 3.8) is 0 Å². The zero-order chi connectivity index (χ0) is 24.5. The van der Waals surface area contributed by atoms with Crippen molar-refractivity contribution in [1.29, 1.82) is 0 Å². The Morgan fingerprint density at radius 3 is 2.83 bits per heavy atom. The van der Waals surface area contributed by atoms with Crippen LogP contribution in [0.3, 0.4) is 0 Å². The van der Waals surface area contributed by atoms with Crippen LogP contribution in [0.4, 0.5) is 0 Å². The highest BCUT2D eigenvalue weighted by atomic mass is 16.3. The first-order valence-corrected chi connectivity index (χ1v) is 12.3. The van der Waals surface area contributed by atoms with E-state index in [0.29, 0.717) is 25.1 Å². The lowest BCUT2D eigenvalue weighted by atomic mass is 9.86. The lowest BCUT2D eigenvalue weighted by Crippen LogP contribution is -2.47. The molecule has 0 aromatic carbocycles. The number of nitrogens with zero attached hydrogens (tertiary/aromatic N) is 5. The Morgan fingerprint density at radius 2 is 2.14 bits per heavy atom. The van der Waals surface area contributed by atoms with Gasteiger partial charge in [0.2, 0.25) is 5.91 Å². The molecular weight excluding hydrogens is 444 g/mol. The molecule has 35 heavy (non-hydrogen) atoms. The average Bonchev–Trinajstić information content (AvgIpc) is 3.37. The molecule has 3 aromatic rings. The molecule has 2 N–H and O–H groups in total. The summed E-state index contributed by atoms with van der Waals surface area (Å²) in [5.41, 5.74) is 3.06. The Hall–Kier alpha value is -3.30. The molecule has 9 heteroatoms. The second kappa shape index (κ2) is 9.75. The fourth-order valence-corrected chi connectivity index (χ4v) is 5.86. The fourth-order valence-electron chi connectivity index (χ4n) is 5.86. The van der Waals surface area contributed by atoms with Crippen LogP contribution < -0.4 is 10.9 Å². The SMILES string of the molecule is CCCN1[C@@H]2c3ccc(-c4cccnc4)c(=O)n3C[C@H]1[C@H](CO)[C@H]2C(=O)NCCc1cn(C)cn1. The molecule has 2 bridgehead atoms. The zero-order valence-electron chi connectivity index (χ0n) is 20.2. The van der Waals surface area contributed by atoms with Crippen LogP contribution in [-0.4, -0.2) is 60.8 Å². The number of rotatable bonds is 8. The third-order valence-corrected chi connectivity index (χ3v) is 7.37. The Balaban J connectivity index is 1.46. The summed E-state index contributed by atoms with van der Waals surface area (Å²) in [6, 6.07) is 7.19. The van der Waals surface area contributed by atoms with Crippen LogP contribution in [-0.2, 0) is 24.8 Å². The predicted octanol–water partition coefficient (Wildman–Crippen LogP) is 1.38. The van der Waals surface area contributed by atoms with E-state index in [1.54, 1.807) is 18.7 Å². The van der Waals surface area contributed by atoms with Gasteiger partial charge in [-0.15, -0.1) is 0 Å². The number of aliphatic hydroxyl groups is 1. The maximum absolute atomic E-state index is 13.5. The monoisotopic (exact) mass is 476 g/mol. The van der Waals surface area contributed by atoms with E-state index in [1.165, 1.54) is 0 Å². The van der Waals surface area contributed by atoms with Crippen LogP contribution in [0.1, 0.15) is 30.8 Å². The lowest BCUT2D eigenvalue weighted by Gasteiger charge is -2.38. The van der Waals surface area contributed by atoms with Crippen molar-refractivity contribution in [3.8, 4) is 11.1 Å². The minimum Gasteiger partial charge on any atom is -0.396 e. The van der Waals surface area contributed by atoms with Crippen molar-refractivity contribution in [2.45, 2.75) is 38.4 Å². The number of nitrogens with one attached hydrogen (secondary N) is 1. The standard InChI is InChI=1S/C26H32N6O3/c1-3-11-31-22-14-32-21(7-6-19(26(32)35)17-5-4-9-27-12-17)24(31)23(20(22)15-33)25(34)28-10-8-18-13-30(2)16-29-18/h4-7,9,12-13,16,20,22-24,33H,3,8,10-11,14-15H2,1-2H3,(H,28,34)/t20-,22-,23+,24+/m0/s1. The van der Waals surface area contributed by atoms with Gasteiger partial charge >= 0.3 is 0 Å². The first-order valence-electron chi connectivity index (χ1n) is 12.3. The van der Waals surface area contributed by atoms with Crippen LogP contribution in [0, 0.1) is 11.8 Å². The highest BCUT2D eigenvalue weighted by Gasteiger charge is 2.55. The molecule has 2 aliphatic heterocycles. The van der Waals surface area contributed by atoms with Gasteiger partial charge in [0.05, 0.1) is 24.0 Å². The molecule has 0 unspecified atom stereocenters. The highest BCUT2D eigenvalue weighted by Crippen LogP contribution is 2.48. The maximum atomic E-state index is 13.5. The van der Waals surface area contributed by atoms with Gasteiger partial charge in [-0.3, -0.25) is 19.5 Å². The topological polar surface area (TPSA) is 105 Å². The summed E-state index contributed by atoms with van der Waals surface area (Å²) in [5, 5.41) is 13.5. The Morgan fingerprint density at radius 1 is 1.29 bits per heavy atom. The van der Waals surface area contributed by atoms with E-state index in [1.807, 2.05) is 46.6 Å². The molecule has 0 radical (unpaired) electrons. The summed E-state index contributed by atoms with van der Waals surface area (Å²) in [6.45, 7) is 3.76. The third-order valence-electron chi connectivity index (χ3n) is 7.37. The number of pyridine rings is 2. The second-order valence-electron chi connectivity index (χ2n) is 9.52. The van der Waals surface area contributed by atoms with Crippen molar-refractivity contribution < 1.29 is 9.90 Å². The third kappa shape index (κ3) is 4.19. The van der Waals surface area contributed by atoms with E-state index in [-0.39, 0.29) is 36.1 Å². The number of carbonyl (C=O) groups is 1. The van der Waals surface area contributed by atoms with Gasteiger partial charge in [0.1, 0.15) is 0 Å². The van der Waals surface area contributed by atoms with Crippen molar-refractivity contribution in [3.05, 3.63) is 70.9 Å². The Kier molecular flexibility index (Phi) is 6.53. The van der Waals surface area contributed by atoms with Crippen molar-refractivity contribution in [1.82, 2.24) is 29.3 Å². The number of carbonyl (C=O) groups excluding carboxylic acids is 1. The van der Waals surface area contributed by atoms with Gasteiger partial charge in [0, 0.05) is 80.5 Å². The van der Waals surface area contributed by atoms with Gasteiger partial charge in [0.25, 0.3) is 5.56 Å². The number of amides is 1. The molecule has 1 fully saturated rings. The number of imidazole rings is 1. The number of fused-ring (bicyclic) bond motifs is 4. The van der Waals surface area contributed by atoms with Gasteiger partial charge in [0.15, 0.2) is 0 Å². The lowest BCUT2D eigenvalue weighted by molar-refractivity contribution is -0.127. The van der Waals surface area contributed by atoms with E-state index in [2.05, 4.69) is 27.1 Å². The summed E-state index contributed by atoms with van der Waals surface area (Å²) < 4.78 is 3.70. The maximum Gasteiger partial charge on any atom is 0.258 e. The normalized spacial score (nSPS) is 23.3. The minimum atomic E-state index is -0.433. The Labute approximate surface area is 204 Å². The average molecular weight is 477 g/mol. The van der Waals surface area contributed by atoms with E-state index < -0.39 is 5.92 Å². The quantitative estimate of drug-likeness (QED) is 0.509. The second-order valence-corrected chi connectivity index (χ2v) is 9.52. The first-order chi connectivity index (χ1) is 17.0. The number of aryl methyl sites for hydroxylation is 1. The largest absolute Gasteiger partial charge is 0.396 e. The molecule has 9 nitrogen and oxygen atoms in total. The van der Waals surface area contributed by atoms with E-state index in [0.717, 1.165) is 29.9 Å². The number of hydrogen-bond acceptors (Lipinski definition) is 6. The molecule has 1 saturated heterocycles. The summed E-state index contributed by atoms with van der Waals surface area (Å²) in [4.78, 5) is 37.9. The smallest absolute Gasteiger partial charge is 0.258 e. The van der Waals surface area contributed by atoms with E-state index in [9.17, 15) is 14.7 Å². The molecule has 1 amide bonds. The summed E-state index contributed by atoms with van der Waals surface area (Å²) >= 11 is 0. The molecular formula is C26H32N6O3.